The summed E-state index contributed by atoms with van der Waals surface area (Å²) in [7, 11) is 0. The predicted octanol–water partition coefficient (Wildman–Crippen LogP) is 2.85. The van der Waals surface area contributed by atoms with Gasteiger partial charge in [0, 0.05) is 0 Å². The summed E-state index contributed by atoms with van der Waals surface area (Å²) in [6, 6.07) is 3.73. The number of hydrogen-bond donors (Lipinski definition) is 3. The number of phenols is 1. The lowest BCUT2D eigenvalue weighted by Gasteiger charge is -2.27. The molecule has 3 nitrogen and oxygen atoms in total. The summed E-state index contributed by atoms with van der Waals surface area (Å²) < 4.78 is 0. The van der Waals surface area contributed by atoms with E-state index in [2.05, 4.69) is 6.92 Å². The molecule has 88 valence electrons. The predicted molar refractivity (Wildman–Crippen MR) is 67.3 cm³/mol. The molecule has 0 unspecified atom stereocenters. The van der Waals surface area contributed by atoms with E-state index in [1.807, 2.05) is 12.1 Å². The van der Waals surface area contributed by atoms with Gasteiger partial charge >= 0.3 is 0 Å². The van der Waals surface area contributed by atoms with Crippen molar-refractivity contribution < 1.29 is 5.11 Å². The third-order valence-electron chi connectivity index (χ3n) is 3.68. The normalized spacial score (nSPS) is 25.6. The second-order valence-corrected chi connectivity index (χ2v) is 5.00. The van der Waals surface area contributed by atoms with Gasteiger partial charge in [0.1, 0.15) is 0 Å². The Kier molecular flexibility index (Phi) is 2.95. The summed E-state index contributed by atoms with van der Waals surface area (Å²) in [5.41, 5.74) is 13.4. The Balaban J connectivity index is 2.21. The first-order valence-electron chi connectivity index (χ1n) is 5.95. The van der Waals surface area contributed by atoms with Crippen molar-refractivity contribution in [3.05, 3.63) is 17.7 Å². The standard InChI is InChI=1S/C13H20N2O/c1-8-2-4-9(5-3-8)10-6-11(14)13(16)12(15)7-10/h6-9,16H,2-5,14-15H2,1H3. The van der Waals surface area contributed by atoms with E-state index in [0.29, 0.717) is 17.3 Å². The van der Waals surface area contributed by atoms with Crippen molar-refractivity contribution in [2.75, 3.05) is 11.5 Å². The fraction of sp³-hybridized carbons (Fsp3) is 0.538. The summed E-state index contributed by atoms with van der Waals surface area (Å²) >= 11 is 0. The molecule has 2 rings (SSSR count). The van der Waals surface area contributed by atoms with Crippen molar-refractivity contribution in [3.8, 4) is 5.75 Å². The first-order chi connectivity index (χ1) is 7.58. The molecular formula is C13H20N2O. The minimum absolute atomic E-state index is 0.0212. The molecule has 1 fully saturated rings. The van der Waals surface area contributed by atoms with Crippen LogP contribution in [0.4, 0.5) is 11.4 Å². The molecule has 1 aliphatic carbocycles. The highest BCUT2D eigenvalue weighted by molar-refractivity contribution is 5.68. The Hall–Kier alpha value is -1.38. The zero-order chi connectivity index (χ0) is 11.7. The average Bonchev–Trinajstić information content (AvgIpc) is 2.26. The van der Waals surface area contributed by atoms with Gasteiger partial charge in [-0.3, -0.25) is 0 Å². The van der Waals surface area contributed by atoms with Crippen LogP contribution in [-0.2, 0) is 0 Å². The molecule has 0 saturated heterocycles. The van der Waals surface area contributed by atoms with Crippen LogP contribution in [0.2, 0.25) is 0 Å². The quantitative estimate of drug-likeness (QED) is 0.503. The van der Waals surface area contributed by atoms with Gasteiger partial charge in [-0.15, -0.1) is 0 Å². The maximum atomic E-state index is 9.52. The molecular weight excluding hydrogens is 200 g/mol. The van der Waals surface area contributed by atoms with Gasteiger partial charge in [-0.2, -0.15) is 0 Å². The van der Waals surface area contributed by atoms with Crippen LogP contribution in [0.5, 0.6) is 5.75 Å². The Morgan fingerprint density at radius 2 is 1.56 bits per heavy atom. The molecule has 0 heterocycles. The minimum Gasteiger partial charge on any atom is -0.504 e. The number of aromatic hydroxyl groups is 1. The number of nitrogens with two attached hydrogens (primary N) is 2. The van der Waals surface area contributed by atoms with E-state index < -0.39 is 0 Å². The molecule has 1 aromatic carbocycles. The highest BCUT2D eigenvalue weighted by Gasteiger charge is 2.20. The van der Waals surface area contributed by atoms with Crippen molar-refractivity contribution in [1.82, 2.24) is 0 Å². The topological polar surface area (TPSA) is 72.3 Å². The molecule has 0 aromatic heterocycles. The van der Waals surface area contributed by atoms with Crippen molar-refractivity contribution in [2.24, 2.45) is 5.92 Å². The fourth-order valence-electron chi connectivity index (χ4n) is 2.53. The maximum absolute atomic E-state index is 9.52. The largest absolute Gasteiger partial charge is 0.504 e. The molecule has 0 aliphatic heterocycles. The van der Waals surface area contributed by atoms with Crippen molar-refractivity contribution in [1.29, 1.82) is 0 Å². The SMILES string of the molecule is CC1CCC(c2cc(N)c(O)c(N)c2)CC1. The van der Waals surface area contributed by atoms with E-state index in [4.69, 9.17) is 11.5 Å². The van der Waals surface area contributed by atoms with E-state index in [0.717, 1.165) is 5.92 Å². The van der Waals surface area contributed by atoms with E-state index in [1.54, 1.807) is 0 Å². The Morgan fingerprint density at radius 1 is 1.06 bits per heavy atom. The number of phenolic OH excluding ortho intramolecular Hbond substituents is 1. The van der Waals surface area contributed by atoms with Gasteiger partial charge in [0.25, 0.3) is 0 Å². The lowest BCUT2D eigenvalue weighted by atomic mass is 9.79. The van der Waals surface area contributed by atoms with Gasteiger partial charge in [0.2, 0.25) is 0 Å². The summed E-state index contributed by atoms with van der Waals surface area (Å²) in [5, 5.41) is 9.52. The van der Waals surface area contributed by atoms with Crippen LogP contribution < -0.4 is 11.5 Å². The maximum Gasteiger partial charge on any atom is 0.161 e. The van der Waals surface area contributed by atoms with Crippen LogP contribution in [0, 0.1) is 5.92 Å². The molecule has 0 amide bonds. The molecule has 1 aromatic rings. The third-order valence-corrected chi connectivity index (χ3v) is 3.68. The molecule has 1 saturated carbocycles. The highest BCUT2D eigenvalue weighted by Crippen LogP contribution is 2.39. The van der Waals surface area contributed by atoms with Gasteiger partial charge in [-0.1, -0.05) is 19.8 Å². The van der Waals surface area contributed by atoms with Gasteiger partial charge in [0.05, 0.1) is 11.4 Å². The zero-order valence-electron chi connectivity index (χ0n) is 9.74. The number of rotatable bonds is 1. The van der Waals surface area contributed by atoms with Crippen LogP contribution in [0.1, 0.15) is 44.1 Å². The molecule has 0 bridgehead atoms. The second-order valence-electron chi connectivity index (χ2n) is 5.00. The van der Waals surface area contributed by atoms with Crippen LogP contribution in [0.25, 0.3) is 0 Å². The Morgan fingerprint density at radius 3 is 2.06 bits per heavy atom. The van der Waals surface area contributed by atoms with Crippen LogP contribution in [0.15, 0.2) is 12.1 Å². The lowest BCUT2D eigenvalue weighted by molar-refractivity contribution is 0.348. The van der Waals surface area contributed by atoms with Crippen molar-refractivity contribution >= 4 is 11.4 Å². The highest BCUT2D eigenvalue weighted by atomic mass is 16.3. The summed E-state index contributed by atoms with van der Waals surface area (Å²) in [6.45, 7) is 2.30. The molecule has 16 heavy (non-hydrogen) atoms. The Bertz CT molecular complexity index is 359. The lowest BCUT2D eigenvalue weighted by Crippen LogP contribution is -2.11. The second kappa shape index (κ2) is 4.24. The summed E-state index contributed by atoms with van der Waals surface area (Å²) in [6.07, 6.45) is 4.94. The molecule has 1 aliphatic rings. The first kappa shape index (κ1) is 11.1. The number of hydrogen-bond acceptors (Lipinski definition) is 3. The molecule has 3 heteroatoms. The molecule has 5 N–H and O–H groups in total. The van der Waals surface area contributed by atoms with E-state index >= 15 is 0 Å². The van der Waals surface area contributed by atoms with Crippen LogP contribution in [-0.4, -0.2) is 5.11 Å². The average molecular weight is 220 g/mol. The monoisotopic (exact) mass is 220 g/mol. The minimum atomic E-state index is 0.0212. The molecule has 0 atom stereocenters. The fourth-order valence-corrected chi connectivity index (χ4v) is 2.53. The zero-order valence-corrected chi connectivity index (χ0v) is 9.74. The van der Waals surface area contributed by atoms with Crippen molar-refractivity contribution in [2.45, 2.75) is 38.5 Å². The van der Waals surface area contributed by atoms with Crippen LogP contribution in [0.3, 0.4) is 0 Å². The smallest absolute Gasteiger partial charge is 0.161 e. The van der Waals surface area contributed by atoms with Crippen LogP contribution >= 0.6 is 0 Å². The third kappa shape index (κ3) is 2.08. The number of anilines is 2. The molecule has 0 spiro atoms. The van der Waals surface area contributed by atoms with Crippen molar-refractivity contribution in [3.63, 3.8) is 0 Å². The number of benzene rings is 1. The van der Waals surface area contributed by atoms with E-state index in [-0.39, 0.29) is 5.75 Å². The molecule has 0 radical (unpaired) electrons. The number of nitrogen functional groups attached to an aromatic ring is 2. The van der Waals surface area contributed by atoms with Gasteiger partial charge in [0.15, 0.2) is 5.75 Å². The van der Waals surface area contributed by atoms with Gasteiger partial charge in [-0.25, -0.2) is 0 Å². The first-order valence-corrected chi connectivity index (χ1v) is 5.95. The Labute approximate surface area is 96.5 Å². The summed E-state index contributed by atoms with van der Waals surface area (Å²) in [5.74, 6) is 1.41. The van der Waals surface area contributed by atoms with E-state index in [9.17, 15) is 5.11 Å². The summed E-state index contributed by atoms with van der Waals surface area (Å²) in [4.78, 5) is 0. The van der Waals surface area contributed by atoms with E-state index in [1.165, 1.54) is 31.2 Å². The van der Waals surface area contributed by atoms with Gasteiger partial charge < -0.3 is 16.6 Å². The van der Waals surface area contributed by atoms with Gasteiger partial charge in [-0.05, 0) is 42.4 Å².